The second kappa shape index (κ2) is 10.7. The highest BCUT2D eigenvalue weighted by Crippen LogP contribution is 2.32. The normalized spacial score (nSPS) is 12.1. The Kier molecular flexibility index (Phi) is 7.73. The molecule has 6 heteroatoms. The molecule has 1 atom stereocenters. The van der Waals surface area contributed by atoms with Crippen LogP contribution in [0.2, 0.25) is 0 Å². The number of nitrogens with two attached hydrogens (primary N) is 1. The van der Waals surface area contributed by atoms with E-state index in [9.17, 15) is 9.59 Å². The first-order chi connectivity index (χ1) is 15.5. The molecule has 2 aromatic carbocycles. The van der Waals surface area contributed by atoms with E-state index in [0.717, 1.165) is 11.1 Å². The van der Waals surface area contributed by atoms with Crippen LogP contribution in [-0.2, 0) is 10.2 Å². The largest absolute Gasteiger partial charge is 0.353 e. The van der Waals surface area contributed by atoms with E-state index in [1.807, 2.05) is 56.3 Å². The molecule has 0 saturated carbocycles. The molecule has 32 heavy (non-hydrogen) atoms. The molecular weight excluding hydrogens is 400 g/mol. The number of rotatable bonds is 9. The molecule has 0 spiro atoms. The highest BCUT2D eigenvalue weighted by molar-refractivity contribution is 6.04. The molecule has 0 bridgehead atoms. The minimum atomic E-state index is -0.574. The van der Waals surface area contributed by atoms with Crippen LogP contribution in [0.15, 0.2) is 79.1 Å². The van der Waals surface area contributed by atoms with Crippen LogP contribution in [0.5, 0.6) is 0 Å². The number of hydrogen-bond donors (Lipinski definition) is 3. The molecule has 0 aliphatic heterocycles. The summed E-state index contributed by atoms with van der Waals surface area (Å²) in [5.41, 5.74) is 8.84. The van der Waals surface area contributed by atoms with Crippen molar-refractivity contribution in [2.24, 2.45) is 5.73 Å². The van der Waals surface area contributed by atoms with Gasteiger partial charge in [0.15, 0.2) is 0 Å². The summed E-state index contributed by atoms with van der Waals surface area (Å²) >= 11 is 0. The minimum Gasteiger partial charge on any atom is -0.353 e. The number of carbonyl (C=O) groups is 2. The average Bonchev–Trinajstić information content (AvgIpc) is 2.85. The van der Waals surface area contributed by atoms with Gasteiger partial charge in [0, 0.05) is 36.2 Å². The Labute approximate surface area is 189 Å². The maximum atomic E-state index is 13.2. The first-order valence-electron chi connectivity index (χ1n) is 10.9. The zero-order chi connectivity index (χ0) is 23.0. The molecule has 0 saturated heterocycles. The van der Waals surface area contributed by atoms with E-state index in [-0.39, 0.29) is 17.9 Å². The van der Waals surface area contributed by atoms with Crippen LogP contribution in [0.4, 0.5) is 5.69 Å². The van der Waals surface area contributed by atoms with Crippen molar-refractivity contribution in [3.63, 3.8) is 0 Å². The van der Waals surface area contributed by atoms with Gasteiger partial charge in [0.05, 0.1) is 5.41 Å². The fourth-order valence-electron chi connectivity index (χ4n) is 3.88. The number of anilines is 1. The first kappa shape index (κ1) is 23.2. The Bertz CT molecular complexity index is 1020. The number of nitrogens with zero attached hydrogens (tertiary/aromatic N) is 1. The number of aromatic nitrogens is 1. The Morgan fingerprint density at radius 2 is 1.56 bits per heavy atom. The van der Waals surface area contributed by atoms with Crippen LogP contribution in [0.1, 0.15) is 54.2 Å². The Balaban J connectivity index is 1.62. The van der Waals surface area contributed by atoms with Gasteiger partial charge in [0.1, 0.15) is 0 Å². The number of hydrogen-bond acceptors (Lipinski definition) is 4. The minimum absolute atomic E-state index is 0.0162. The summed E-state index contributed by atoms with van der Waals surface area (Å²) in [6.07, 6.45) is 4.65. The van der Waals surface area contributed by atoms with Gasteiger partial charge in [-0.3, -0.25) is 14.6 Å². The predicted molar refractivity (Wildman–Crippen MR) is 127 cm³/mol. The van der Waals surface area contributed by atoms with Crippen LogP contribution < -0.4 is 16.4 Å². The molecule has 4 N–H and O–H groups in total. The Morgan fingerprint density at radius 1 is 0.938 bits per heavy atom. The van der Waals surface area contributed by atoms with E-state index in [0.29, 0.717) is 30.6 Å². The van der Waals surface area contributed by atoms with Crippen molar-refractivity contribution in [1.82, 2.24) is 10.3 Å². The molecule has 0 aliphatic rings. The zero-order valence-electron chi connectivity index (χ0n) is 18.5. The monoisotopic (exact) mass is 430 g/mol. The van der Waals surface area contributed by atoms with Crippen molar-refractivity contribution in [3.8, 4) is 0 Å². The number of benzene rings is 2. The Hall–Kier alpha value is -3.51. The molecule has 0 aliphatic carbocycles. The molecule has 3 aromatic rings. The summed E-state index contributed by atoms with van der Waals surface area (Å²) in [5, 5.41) is 5.87. The maximum Gasteiger partial charge on any atom is 0.255 e. The van der Waals surface area contributed by atoms with Gasteiger partial charge in [0.2, 0.25) is 5.91 Å². The van der Waals surface area contributed by atoms with Gasteiger partial charge in [-0.2, -0.15) is 0 Å². The number of amides is 2. The van der Waals surface area contributed by atoms with Crippen molar-refractivity contribution in [3.05, 3.63) is 95.8 Å². The topological polar surface area (TPSA) is 97.1 Å². The first-order valence-corrected chi connectivity index (χ1v) is 10.9. The van der Waals surface area contributed by atoms with Crippen LogP contribution in [0.25, 0.3) is 0 Å². The van der Waals surface area contributed by atoms with Crippen molar-refractivity contribution in [2.45, 2.75) is 38.1 Å². The van der Waals surface area contributed by atoms with Crippen molar-refractivity contribution < 1.29 is 9.59 Å². The number of nitrogens with one attached hydrogen (secondary N) is 2. The van der Waals surface area contributed by atoms with Gasteiger partial charge in [0.25, 0.3) is 5.91 Å². The summed E-state index contributed by atoms with van der Waals surface area (Å²) in [7, 11) is 0. The summed E-state index contributed by atoms with van der Waals surface area (Å²) in [6.45, 7) is 4.38. The van der Waals surface area contributed by atoms with E-state index < -0.39 is 5.41 Å². The Morgan fingerprint density at radius 3 is 2.16 bits per heavy atom. The number of pyridine rings is 1. The third-order valence-electron chi connectivity index (χ3n) is 5.99. The maximum absolute atomic E-state index is 13.2. The summed E-state index contributed by atoms with van der Waals surface area (Å²) in [6, 6.07) is 20.1. The van der Waals surface area contributed by atoms with E-state index in [1.54, 1.807) is 36.7 Å². The van der Waals surface area contributed by atoms with Gasteiger partial charge in [-0.1, -0.05) is 56.3 Å². The summed E-state index contributed by atoms with van der Waals surface area (Å²) < 4.78 is 0. The van der Waals surface area contributed by atoms with Gasteiger partial charge in [-0.25, -0.2) is 0 Å². The van der Waals surface area contributed by atoms with Gasteiger partial charge in [-0.05, 0) is 48.2 Å². The van der Waals surface area contributed by atoms with Crippen LogP contribution >= 0.6 is 0 Å². The lowest BCUT2D eigenvalue weighted by molar-refractivity contribution is -0.127. The lowest BCUT2D eigenvalue weighted by Gasteiger charge is -2.31. The molecule has 1 heterocycles. The van der Waals surface area contributed by atoms with Gasteiger partial charge in [-0.15, -0.1) is 0 Å². The molecule has 3 rings (SSSR count). The quantitative estimate of drug-likeness (QED) is 0.474. The van der Waals surface area contributed by atoms with Crippen molar-refractivity contribution in [2.75, 3.05) is 11.9 Å². The molecule has 1 aromatic heterocycles. The zero-order valence-corrected chi connectivity index (χ0v) is 18.5. The SMILES string of the molecule is CCC(CC)(C(=O)NCC(N)c1ccc(C(=O)Nc2ccncc2)cc1)c1ccccc1. The highest BCUT2D eigenvalue weighted by Gasteiger charge is 2.36. The lowest BCUT2D eigenvalue weighted by atomic mass is 9.75. The lowest BCUT2D eigenvalue weighted by Crippen LogP contribution is -2.45. The highest BCUT2D eigenvalue weighted by atomic mass is 16.2. The molecule has 6 nitrogen and oxygen atoms in total. The predicted octanol–water partition coefficient (Wildman–Crippen LogP) is 4.21. The van der Waals surface area contributed by atoms with Crippen LogP contribution in [-0.4, -0.2) is 23.3 Å². The third-order valence-corrected chi connectivity index (χ3v) is 5.99. The number of carbonyl (C=O) groups excluding carboxylic acids is 2. The second-order valence-corrected chi connectivity index (χ2v) is 7.78. The van der Waals surface area contributed by atoms with Crippen molar-refractivity contribution in [1.29, 1.82) is 0 Å². The smallest absolute Gasteiger partial charge is 0.255 e. The van der Waals surface area contributed by atoms with E-state index in [4.69, 9.17) is 5.73 Å². The molecule has 2 amide bonds. The molecule has 0 fully saturated rings. The van der Waals surface area contributed by atoms with E-state index in [2.05, 4.69) is 15.6 Å². The molecular formula is C26H30N4O2. The molecule has 166 valence electrons. The van der Waals surface area contributed by atoms with Crippen LogP contribution in [0.3, 0.4) is 0 Å². The van der Waals surface area contributed by atoms with E-state index >= 15 is 0 Å². The third kappa shape index (κ3) is 5.21. The van der Waals surface area contributed by atoms with Gasteiger partial charge < -0.3 is 16.4 Å². The fraction of sp³-hybridized carbons (Fsp3) is 0.269. The standard InChI is InChI=1S/C26H30N4O2/c1-3-26(4-2,21-8-6-5-7-9-21)25(32)29-18-23(27)19-10-12-20(13-11-19)24(31)30-22-14-16-28-17-15-22/h5-17,23H,3-4,18,27H2,1-2H3,(H,29,32)(H,28,30,31). The van der Waals surface area contributed by atoms with Crippen LogP contribution in [0, 0.1) is 0 Å². The van der Waals surface area contributed by atoms with Gasteiger partial charge >= 0.3 is 0 Å². The molecule has 1 unspecified atom stereocenters. The fourth-order valence-corrected chi connectivity index (χ4v) is 3.88. The van der Waals surface area contributed by atoms with Crippen molar-refractivity contribution >= 4 is 17.5 Å². The van der Waals surface area contributed by atoms with E-state index in [1.165, 1.54) is 0 Å². The molecule has 0 radical (unpaired) electrons. The summed E-state index contributed by atoms with van der Waals surface area (Å²) in [5.74, 6) is -0.222. The second-order valence-electron chi connectivity index (χ2n) is 7.78. The summed E-state index contributed by atoms with van der Waals surface area (Å²) in [4.78, 5) is 29.5. The average molecular weight is 431 g/mol.